The van der Waals surface area contributed by atoms with Gasteiger partial charge in [0.05, 0.1) is 5.56 Å². The number of nitrogens with zero attached hydrogens (tertiary/aromatic N) is 1. The molecule has 3 N–H and O–H groups in total. The van der Waals surface area contributed by atoms with Crippen molar-refractivity contribution in [2.24, 2.45) is 0 Å². The lowest BCUT2D eigenvalue weighted by Gasteiger charge is -2.12. The van der Waals surface area contributed by atoms with Crippen LogP contribution >= 0.6 is 0 Å². The van der Waals surface area contributed by atoms with Crippen LogP contribution in [0.15, 0.2) is 60.7 Å². The SMILES string of the molecule is CCCCc1ccccc1Oc1ccc(NC(=O)c2ccc(C)nc2N)cc1. The van der Waals surface area contributed by atoms with Crippen molar-refractivity contribution in [1.29, 1.82) is 0 Å². The molecule has 0 bridgehead atoms. The smallest absolute Gasteiger partial charge is 0.259 e. The zero-order valence-electron chi connectivity index (χ0n) is 16.2. The normalized spacial score (nSPS) is 10.5. The third kappa shape index (κ3) is 4.88. The van der Waals surface area contributed by atoms with Gasteiger partial charge < -0.3 is 15.8 Å². The standard InChI is InChI=1S/C23H25N3O2/c1-3-4-7-17-8-5-6-9-21(17)28-19-13-11-18(12-14-19)26-23(27)20-15-10-16(2)25-22(20)24/h5-6,8-15H,3-4,7H2,1-2H3,(H2,24,25)(H,26,27). The molecule has 1 heterocycles. The first-order valence-corrected chi connectivity index (χ1v) is 9.47. The Labute approximate surface area is 165 Å². The van der Waals surface area contributed by atoms with E-state index in [1.807, 2.05) is 37.3 Å². The molecular weight excluding hydrogens is 350 g/mol. The molecule has 0 saturated carbocycles. The van der Waals surface area contributed by atoms with Crippen molar-refractivity contribution in [3.63, 3.8) is 0 Å². The Kier molecular flexibility index (Phi) is 6.27. The average Bonchev–Trinajstić information content (AvgIpc) is 2.68. The van der Waals surface area contributed by atoms with E-state index in [-0.39, 0.29) is 11.7 Å². The van der Waals surface area contributed by atoms with Crippen molar-refractivity contribution in [2.75, 3.05) is 11.1 Å². The summed E-state index contributed by atoms with van der Waals surface area (Å²) in [6.07, 6.45) is 3.26. The molecule has 3 aromatic rings. The summed E-state index contributed by atoms with van der Waals surface area (Å²) in [6, 6.07) is 18.8. The van der Waals surface area contributed by atoms with Crippen molar-refractivity contribution in [3.8, 4) is 11.5 Å². The highest BCUT2D eigenvalue weighted by Crippen LogP contribution is 2.27. The maximum atomic E-state index is 12.4. The molecule has 0 aliphatic carbocycles. The summed E-state index contributed by atoms with van der Waals surface area (Å²) in [7, 11) is 0. The number of ether oxygens (including phenoxy) is 1. The fourth-order valence-corrected chi connectivity index (χ4v) is 2.88. The summed E-state index contributed by atoms with van der Waals surface area (Å²) in [4.78, 5) is 16.5. The van der Waals surface area contributed by atoms with E-state index in [1.165, 1.54) is 5.56 Å². The van der Waals surface area contributed by atoms with Crippen LogP contribution in [0.3, 0.4) is 0 Å². The van der Waals surface area contributed by atoms with Gasteiger partial charge in [-0.05, 0) is 67.8 Å². The maximum Gasteiger partial charge on any atom is 0.259 e. The lowest BCUT2D eigenvalue weighted by Crippen LogP contribution is -2.15. The Morgan fingerprint density at radius 3 is 2.54 bits per heavy atom. The molecule has 0 atom stereocenters. The summed E-state index contributed by atoms with van der Waals surface area (Å²) < 4.78 is 6.04. The number of rotatable bonds is 7. The molecule has 0 spiro atoms. The predicted octanol–water partition coefficient (Wildman–Crippen LogP) is 5.36. The van der Waals surface area contributed by atoms with E-state index in [1.54, 1.807) is 24.3 Å². The molecule has 5 heteroatoms. The van der Waals surface area contributed by atoms with Gasteiger partial charge >= 0.3 is 0 Å². The van der Waals surface area contributed by atoms with Crippen LogP contribution in [0.4, 0.5) is 11.5 Å². The number of nitrogens with one attached hydrogen (secondary N) is 1. The molecule has 2 aromatic carbocycles. The minimum absolute atomic E-state index is 0.223. The molecule has 3 rings (SSSR count). The van der Waals surface area contributed by atoms with Crippen LogP contribution in [-0.2, 0) is 6.42 Å². The minimum Gasteiger partial charge on any atom is -0.457 e. The largest absolute Gasteiger partial charge is 0.457 e. The van der Waals surface area contributed by atoms with Crippen LogP contribution < -0.4 is 15.8 Å². The number of nitrogens with two attached hydrogens (primary N) is 1. The van der Waals surface area contributed by atoms with Gasteiger partial charge in [-0.1, -0.05) is 31.5 Å². The molecule has 5 nitrogen and oxygen atoms in total. The third-order valence-electron chi connectivity index (χ3n) is 4.42. The van der Waals surface area contributed by atoms with Crippen LogP contribution in [0.2, 0.25) is 0 Å². The van der Waals surface area contributed by atoms with E-state index in [0.717, 1.165) is 36.5 Å². The van der Waals surface area contributed by atoms with Crippen LogP contribution in [-0.4, -0.2) is 10.9 Å². The van der Waals surface area contributed by atoms with E-state index >= 15 is 0 Å². The molecule has 28 heavy (non-hydrogen) atoms. The number of nitrogen functional groups attached to an aromatic ring is 1. The second-order valence-electron chi connectivity index (χ2n) is 6.68. The zero-order valence-corrected chi connectivity index (χ0v) is 16.2. The number of aromatic nitrogens is 1. The van der Waals surface area contributed by atoms with E-state index in [2.05, 4.69) is 23.3 Å². The summed E-state index contributed by atoms with van der Waals surface area (Å²) in [5.74, 6) is 1.52. The molecule has 0 aliphatic rings. The van der Waals surface area contributed by atoms with Gasteiger partial charge in [-0.3, -0.25) is 4.79 Å². The van der Waals surface area contributed by atoms with Crippen molar-refractivity contribution in [1.82, 2.24) is 4.98 Å². The molecule has 1 aromatic heterocycles. The Morgan fingerprint density at radius 2 is 1.82 bits per heavy atom. The van der Waals surface area contributed by atoms with E-state index in [9.17, 15) is 4.79 Å². The van der Waals surface area contributed by atoms with Gasteiger partial charge in [-0.2, -0.15) is 0 Å². The van der Waals surface area contributed by atoms with Crippen LogP contribution in [0.5, 0.6) is 11.5 Å². The van der Waals surface area contributed by atoms with Crippen LogP contribution in [0, 0.1) is 6.92 Å². The number of hydrogen-bond donors (Lipinski definition) is 2. The number of carbonyl (C=O) groups is 1. The number of benzene rings is 2. The maximum absolute atomic E-state index is 12.4. The minimum atomic E-state index is -0.288. The van der Waals surface area contributed by atoms with E-state index < -0.39 is 0 Å². The second-order valence-corrected chi connectivity index (χ2v) is 6.68. The first kappa shape index (κ1) is 19.4. The van der Waals surface area contributed by atoms with Crippen LogP contribution in [0.1, 0.15) is 41.4 Å². The first-order chi connectivity index (χ1) is 13.6. The number of unbranched alkanes of at least 4 members (excludes halogenated alkanes) is 1. The Morgan fingerprint density at radius 1 is 1.07 bits per heavy atom. The molecule has 0 saturated heterocycles. The van der Waals surface area contributed by atoms with Crippen molar-refractivity contribution >= 4 is 17.4 Å². The lowest BCUT2D eigenvalue weighted by molar-refractivity contribution is 0.102. The van der Waals surface area contributed by atoms with Gasteiger partial charge in [0.2, 0.25) is 0 Å². The van der Waals surface area contributed by atoms with Gasteiger partial charge in [-0.25, -0.2) is 4.98 Å². The highest BCUT2D eigenvalue weighted by atomic mass is 16.5. The van der Waals surface area contributed by atoms with E-state index in [4.69, 9.17) is 10.5 Å². The molecule has 0 fully saturated rings. The average molecular weight is 375 g/mol. The molecule has 0 unspecified atom stereocenters. The van der Waals surface area contributed by atoms with Gasteiger partial charge in [-0.15, -0.1) is 0 Å². The number of pyridine rings is 1. The molecule has 0 aliphatic heterocycles. The number of aryl methyl sites for hydroxylation is 2. The van der Waals surface area contributed by atoms with Crippen LogP contribution in [0.25, 0.3) is 0 Å². The van der Waals surface area contributed by atoms with Gasteiger partial charge in [0.1, 0.15) is 17.3 Å². The van der Waals surface area contributed by atoms with Crippen molar-refractivity contribution in [3.05, 3.63) is 77.5 Å². The van der Waals surface area contributed by atoms with Gasteiger partial charge in [0.25, 0.3) is 5.91 Å². The summed E-state index contributed by atoms with van der Waals surface area (Å²) in [5.41, 5.74) is 8.83. The summed E-state index contributed by atoms with van der Waals surface area (Å²) >= 11 is 0. The highest BCUT2D eigenvalue weighted by Gasteiger charge is 2.11. The van der Waals surface area contributed by atoms with E-state index in [0.29, 0.717) is 11.3 Å². The molecular formula is C23H25N3O2. The van der Waals surface area contributed by atoms with Gasteiger partial charge in [0.15, 0.2) is 0 Å². The quantitative estimate of drug-likeness (QED) is 0.583. The summed E-state index contributed by atoms with van der Waals surface area (Å²) in [6.45, 7) is 4.01. The van der Waals surface area contributed by atoms with Crippen molar-refractivity contribution < 1.29 is 9.53 Å². The van der Waals surface area contributed by atoms with Crippen molar-refractivity contribution in [2.45, 2.75) is 33.1 Å². The fourth-order valence-electron chi connectivity index (χ4n) is 2.88. The molecule has 0 radical (unpaired) electrons. The molecule has 1 amide bonds. The Hall–Kier alpha value is -3.34. The highest BCUT2D eigenvalue weighted by molar-refractivity contribution is 6.07. The second kappa shape index (κ2) is 9.04. The summed E-state index contributed by atoms with van der Waals surface area (Å²) in [5, 5.41) is 2.83. The number of para-hydroxylation sites is 1. The zero-order chi connectivity index (χ0) is 19.9. The number of hydrogen-bond acceptors (Lipinski definition) is 4. The molecule has 144 valence electrons. The lowest BCUT2D eigenvalue weighted by atomic mass is 10.1. The number of anilines is 2. The Balaban J connectivity index is 1.68. The third-order valence-corrected chi connectivity index (χ3v) is 4.42. The topological polar surface area (TPSA) is 77.2 Å². The first-order valence-electron chi connectivity index (χ1n) is 9.47. The Bertz CT molecular complexity index is 952. The monoisotopic (exact) mass is 375 g/mol. The predicted molar refractivity (Wildman–Crippen MR) is 113 cm³/mol. The number of carbonyl (C=O) groups excluding carboxylic acids is 1. The van der Waals surface area contributed by atoms with Gasteiger partial charge in [0, 0.05) is 11.4 Å². The fraction of sp³-hybridized carbons (Fsp3) is 0.217. The number of amides is 1.